The van der Waals surface area contributed by atoms with E-state index >= 15 is 0 Å². The smallest absolute Gasteiger partial charge is 0.260 e. The predicted octanol–water partition coefficient (Wildman–Crippen LogP) is 5.23. The van der Waals surface area contributed by atoms with Gasteiger partial charge in [-0.3, -0.25) is 4.79 Å². The number of amides is 1. The maximum atomic E-state index is 12.6. The number of carbonyl (C=O) groups excluding carboxylic acids is 1. The number of carbonyl (C=O) groups is 1. The molecule has 3 aromatic carbocycles. The van der Waals surface area contributed by atoms with E-state index in [4.69, 9.17) is 9.72 Å². The summed E-state index contributed by atoms with van der Waals surface area (Å²) in [6.45, 7) is 1.62. The zero-order chi connectivity index (χ0) is 19.6. The minimum atomic E-state index is 0.0564. The van der Waals surface area contributed by atoms with Crippen LogP contribution in [0.1, 0.15) is 23.8 Å². The number of ether oxygens (including phenoxy) is 1. The first-order valence-electron chi connectivity index (χ1n) is 10.0. The van der Waals surface area contributed by atoms with Gasteiger partial charge in [0.15, 0.2) is 6.61 Å². The highest BCUT2D eigenvalue weighted by Gasteiger charge is 2.26. The number of nitrogens with zero attached hydrogens (tertiary/aromatic N) is 2. The second-order valence-corrected chi connectivity index (χ2v) is 8.53. The van der Waals surface area contributed by atoms with Crippen LogP contribution in [0.25, 0.3) is 21.0 Å². The number of piperidine rings is 1. The van der Waals surface area contributed by atoms with Crippen LogP contribution in [0, 0.1) is 0 Å². The Bertz CT molecular complexity index is 1130. The predicted molar refractivity (Wildman–Crippen MR) is 118 cm³/mol. The molecule has 1 aliphatic heterocycles. The summed E-state index contributed by atoms with van der Waals surface area (Å²) >= 11 is 1.78. The van der Waals surface area contributed by atoms with E-state index in [0.29, 0.717) is 5.92 Å². The monoisotopic (exact) mass is 402 g/mol. The number of hydrogen-bond donors (Lipinski definition) is 0. The van der Waals surface area contributed by atoms with Crippen LogP contribution in [0.15, 0.2) is 66.7 Å². The van der Waals surface area contributed by atoms with Crippen LogP contribution >= 0.6 is 11.3 Å². The van der Waals surface area contributed by atoms with Gasteiger partial charge in [0.25, 0.3) is 5.91 Å². The third-order valence-electron chi connectivity index (χ3n) is 5.59. The fourth-order valence-electron chi connectivity index (χ4n) is 3.93. The summed E-state index contributed by atoms with van der Waals surface area (Å²) in [7, 11) is 0. The van der Waals surface area contributed by atoms with Gasteiger partial charge in [-0.2, -0.15) is 0 Å². The highest BCUT2D eigenvalue weighted by Crippen LogP contribution is 2.33. The van der Waals surface area contributed by atoms with E-state index in [0.717, 1.165) is 42.6 Å². The molecule has 0 saturated carbocycles. The lowest BCUT2D eigenvalue weighted by atomic mass is 9.97. The van der Waals surface area contributed by atoms with Crippen molar-refractivity contribution in [1.29, 1.82) is 0 Å². The summed E-state index contributed by atoms with van der Waals surface area (Å²) in [4.78, 5) is 19.3. The Kier molecular flexibility index (Phi) is 4.90. The fourth-order valence-corrected chi connectivity index (χ4v) is 5.07. The molecule has 0 radical (unpaired) electrons. The summed E-state index contributed by atoms with van der Waals surface area (Å²) in [6.07, 6.45) is 1.92. The normalized spacial score (nSPS) is 15.1. The van der Waals surface area contributed by atoms with Crippen molar-refractivity contribution in [2.75, 3.05) is 19.7 Å². The van der Waals surface area contributed by atoms with Gasteiger partial charge in [-0.15, -0.1) is 11.3 Å². The molecule has 5 rings (SSSR count). The number of fused-ring (bicyclic) bond motifs is 2. The zero-order valence-electron chi connectivity index (χ0n) is 16.1. The van der Waals surface area contributed by atoms with Gasteiger partial charge in [-0.05, 0) is 47.9 Å². The van der Waals surface area contributed by atoms with E-state index in [9.17, 15) is 4.79 Å². The van der Waals surface area contributed by atoms with Crippen molar-refractivity contribution < 1.29 is 9.53 Å². The van der Waals surface area contributed by atoms with Gasteiger partial charge in [0, 0.05) is 19.0 Å². The molecule has 1 aliphatic rings. The Morgan fingerprint density at radius 2 is 1.76 bits per heavy atom. The Labute approximate surface area is 173 Å². The Balaban J connectivity index is 1.17. The fraction of sp³-hybridized carbons (Fsp3) is 0.250. The average Bonchev–Trinajstić information content (AvgIpc) is 3.22. The second kappa shape index (κ2) is 7.84. The van der Waals surface area contributed by atoms with Crippen LogP contribution in [0.3, 0.4) is 0 Å². The van der Waals surface area contributed by atoms with Gasteiger partial charge in [-0.25, -0.2) is 4.98 Å². The summed E-state index contributed by atoms with van der Waals surface area (Å²) in [6, 6.07) is 22.4. The Morgan fingerprint density at radius 1 is 1.00 bits per heavy atom. The quantitative estimate of drug-likeness (QED) is 0.469. The molecule has 4 aromatic rings. The Morgan fingerprint density at radius 3 is 2.59 bits per heavy atom. The molecule has 0 spiro atoms. The standard InChI is InChI=1S/C24H22N2O2S/c27-23(16-28-20-10-9-17-5-1-2-6-19(17)15-20)26-13-11-18(12-14-26)24-25-21-7-3-4-8-22(21)29-24/h1-10,15,18H,11-14,16H2. The SMILES string of the molecule is O=C(COc1ccc2ccccc2c1)N1CCC(c2nc3ccccc3s2)CC1. The van der Waals surface area contributed by atoms with Crippen LogP contribution < -0.4 is 4.74 Å². The van der Waals surface area contributed by atoms with Crippen molar-refractivity contribution in [3.8, 4) is 5.75 Å². The molecule has 1 aromatic heterocycles. The lowest BCUT2D eigenvalue weighted by Gasteiger charge is -2.31. The molecule has 1 amide bonds. The van der Waals surface area contributed by atoms with Gasteiger partial charge in [0.05, 0.1) is 15.2 Å². The molecule has 2 heterocycles. The summed E-state index contributed by atoms with van der Waals surface area (Å²) in [5.74, 6) is 1.24. The van der Waals surface area contributed by atoms with Gasteiger partial charge in [-0.1, -0.05) is 42.5 Å². The largest absolute Gasteiger partial charge is 0.484 e. The number of likely N-dealkylation sites (tertiary alicyclic amines) is 1. The van der Waals surface area contributed by atoms with Crippen molar-refractivity contribution >= 4 is 38.2 Å². The summed E-state index contributed by atoms with van der Waals surface area (Å²) in [5, 5.41) is 3.49. The van der Waals surface area contributed by atoms with E-state index in [-0.39, 0.29) is 12.5 Å². The molecule has 4 nitrogen and oxygen atoms in total. The van der Waals surface area contributed by atoms with Gasteiger partial charge in [0.1, 0.15) is 5.75 Å². The molecule has 0 aliphatic carbocycles. The van der Waals surface area contributed by atoms with Crippen LogP contribution in [0.5, 0.6) is 5.75 Å². The van der Waals surface area contributed by atoms with Crippen LogP contribution in [-0.2, 0) is 4.79 Å². The minimum Gasteiger partial charge on any atom is -0.484 e. The molecule has 1 fully saturated rings. The Hall–Kier alpha value is -2.92. The van der Waals surface area contributed by atoms with Crippen molar-refractivity contribution in [2.24, 2.45) is 0 Å². The molecule has 1 saturated heterocycles. The van der Waals surface area contributed by atoms with Crippen molar-refractivity contribution in [2.45, 2.75) is 18.8 Å². The molecule has 0 unspecified atom stereocenters. The van der Waals surface area contributed by atoms with Gasteiger partial charge in [0.2, 0.25) is 0 Å². The molecule has 0 bridgehead atoms. The molecule has 29 heavy (non-hydrogen) atoms. The highest BCUT2D eigenvalue weighted by atomic mass is 32.1. The number of hydrogen-bond acceptors (Lipinski definition) is 4. The molecule has 0 atom stereocenters. The molecule has 0 N–H and O–H groups in total. The number of benzene rings is 3. The topological polar surface area (TPSA) is 42.4 Å². The number of aromatic nitrogens is 1. The third kappa shape index (κ3) is 3.83. The summed E-state index contributed by atoms with van der Waals surface area (Å²) < 4.78 is 7.02. The number of para-hydroxylation sites is 1. The molecular formula is C24H22N2O2S. The first-order chi connectivity index (χ1) is 14.3. The van der Waals surface area contributed by atoms with E-state index in [1.807, 2.05) is 41.3 Å². The van der Waals surface area contributed by atoms with E-state index < -0.39 is 0 Å². The van der Waals surface area contributed by atoms with Gasteiger partial charge < -0.3 is 9.64 Å². The first kappa shape index (κ1) is 18.1. The second-order valence-electron chi connectivity index (χ2n) is 7.47. The highest BCUT2D eigenvalue weighted by molar-refractivity contribution is 7.18. The number of thiazole rings is 1. The van der Waals surface area contributed by atoms with Gasteiger partial charge >= 0.3 is 0 Å². The maximum Gasteiger partial charge on any atom is 0.260 e. The van der Waals surface area contributed by atoms with Crippen LogP contribution in [0.4, 0.5) is 0 Å². The lowest BCUT2D eigenvalue weighted by Crippen LogP contribution is -2.40. The van der Waals surface area contributed by atoms with Crippen LogP contribution in [0.2, 0.25) is 0 Å². The molecular weight excluding hydrogens is 380 g/mol. The maximum absolute atomic E-state index is 12.6. The first-order valence-corrected chi connectivity index (χ1v) is 10.8. The van der Waals surface area contributed by atoms with Crippen molar-refractivity contribution in [3.05, 3.63) is 71.7 Å². The van der Waals surface area contributed by atoms with Crippen molar-refractivity contribution in [3.63, 3.8) is 0 Å². The summed E-state index contributed by atoms with van der Waals surface area (Å²) in [5.41, 5.74) is 1.08. The molecule has 146 valence electrons. The van der Waals surface area contributed by atoms with E-state index in [1.165, 1.54) is 15.1 Å². The average molecular weight is 403 g/mol. The molecule has 5 heteroatoms. The minimum absolute atomic E-state index is 0.0564. The van der Waals surface area contributed by atoms with Crippen molar-refractivity contribution in [1.82, 2.24) is 9.88 Å². The zero-order valence-corrected chi connectivity index (χ0v) is 16.9. The lowest BCUT2D eigenvalue weighted by molar-refractivity contribution is -0.134. The third-order valence-corrected chi connectivity index (χ3v) is 6.79. The van der Waals surface area contributed by atoms with Crippen LogP contribution in [-0.4, -0.2) is 35.5 Å². The number of rotatable bonds is 4. The van der Waals surface area contributed by atoms with E-state index in [2.05, 4.69) is 30.3 Å². The van der Waals surface area contributed by atoms with E-state index in [1.54, 1.807) is 11.3 Å².